The number of carbonyl (C=O) groups excluding carboxylic acids is 1. The molecule has 1 aromatic carbocycles. The Morgan fingerprint density at radius 3 is 2.21 bits per heavy atom. The predicted octanol–water partition coefficient (Wildman–Crippen LogP) is 1.92. The monoisotopic (exact) mass is 323 g/mol. The Morgan fingerprint density at radius 1 is 1.26 bits per heavy atom. The van der Waals surface area contributed by atoms with Gasteiger partial charge in [-0.2, -0.15) is 0 Å². The van der Waals surface area contributed by atoms with Crippen molar-refractivity contribution in [1.82, 2.24) is 5.32 Å². The molecular formula is C10H11Cl2N3O3S. The number of anilines is 1. The molecule has 1 aromatic rings. The first kappa shape index (κ1) is 14.4. The van der Waals surface area contributed by atoms with Gasteiger partial charge >= 0.3 is 6.03 Å². The van der Waals surface area contributed by atoms with Crippen molar-refractivity contribution in [3.63, 3.8) is 0 Å². The van der Waals surface area contributed by atoms with Gasteiger partial charge < -0.3 is 10.6 Å². The van der Waals surface area contributed by atoms with Crippen LogP contribution in [-0.2, 0) is 10.0 Å². The van der Waals surface area contributed by atoms with Crippen molar-refractivity contribution in [2.24, 2.45) is 5.14 Å². The van der Waals surface area contributed by atoms with E-state index in [4.69, 9.17) is 28.3 Å². The zero-order valence-corrected chi connectivity index (χ0v) is 11.9. The van der Waals surface area contributed by atoms with Gasteiger partial charge in [-0.05, 0) is 25.0 Å². The molecule has 4 N–H and O–H groups in total. The second-order valence-electron chi connectivity index (χ2n) is 4.18. The van der Waals surface area contributed by atoms with Crippen LogP contribution in [0.4, 0.5) is 10.5 Å². The average molecular weight is 324 g/mol. The average Bonchev–Trinajstić information content (AvgIpc) is 3.05. The Hall–Kier alpha value is -1.02. The summed E-state index contributed by atoms with van der Waals surface area (Å²) in [6, 6.07) is 2.02. The lowest BCUT2D eigenvalue weighted by Gasteiger charge is -2.11. The molecule has 9 heteroatoms. The quantitative estimate of drug-likeness (QED) is 0.791. The number of amides is 2. The topological polar surface area (TPSA) is 101 Å². The second-order valence-corrected chi connectivity index (χ2v) is 6.56. The van der Waals surface area contributed by atoms with Gasteiger partial charge in [-0.15, -0.1) is 0 Å². The first-order valence-corrected chi connectivity index (χ1v) is 7.67. The molecule has 0 heterocycles. The molecule has 0 spiro atoms. The van der Waals surface area contributed by atoms with E-state index in [1.54, 1.807) is 0 Å². The highest BCUT2D eigenvalue weighted by Crippen LogP contribution is 2.33. The lowest BCUT2D eigenvalue weighted by atomic mass is 10.3. The van der Waals surface area contributed by atoms with Crippen LogP contribution in [0.3, 0.4) is 0 Å². The zero-order valence-electron chi connectivity index (χ0n) is 9.61. The molecule has 1 aliphatic carbocycles. The lowest BCUT2D eigenvalue weighted by molar-refractivity contribution is 0.251. The number of nitrogens with one attached hydrogen (secondary N) is 2. The third kappa shape index (κ3) is 3.73. The molecule has 0 saturated heterocycles. The summed E-state index contributed by atoms with van der Waals surface area (Å²) in [5.41, 5.74) is 0.147. The van der Waals surface area contributed by atoms with Gasteiger partial charge in [-0.25, -0.2) is 18.4 Å². The minimum atomic E-state index is -3.90. The molecule has 0 aromatic heterocycles. The third-order valence-electron chi connectivity index (χ3n) is 2.50. The highest BCUT2D eigenvalue weighted by atomic mass is 35.5. The summed E-state index contributed by atoms with van der Waals surface area (Å²) in [4.78, 5) is 11.4. The van der Waals surface area contributed by atoms with E-state index in [9.17, 15) is 13.2 Å². The summed E-state index contributed by atoms with van der Waals surface area (Å²) in [5, 5.41) is 10.2. The van der Waals surface area contributed by atoms with Crippen LogP contribution in [-0.4, -0.2) is 20.5 Å². The Labute approximate surface area is 120 Å². The number of primary sulfonamides is 1. The van der Waals surface area contributed by atoms with Crippen LogP contribution in [0, 0.1) is 0 Å². The molecule has 2 amide bonds. The van der Waals surface area contributed by atoms with E-state index in [1.165, 1.54) is 0 Å². The summed E-state index contributed by atoms with van der Waals surface area (Å²) in [7, 11) is -3.90. The molecule has 6 nitrogen and oxygen atoms in total. The van der Waals surface area contributed by atoms with Gasteiger partial charge in [-0.3, -0.25) is 0 Å². The Bertz CT molecular complexity index is 606. The van der Waals surface area contributed by atoms with Gasteiger partial charge in [-0.1, -0.05) is 23.2 Å². The molecular weight excluding hydrogens is 313 g/mol. The van der Waals surface area contributed by atoms with Gasteiger partial charge in [0.05, 0.1) is 20.6 Å². The molecule has 2 rings (SSSR count). The molecule has 0 radical (unpaired) electrons. The normalized spacial score (nSPS) is 15.1. The van der Waals surface area contributed by atoms with Crippen molar-refractivity contribution in [1.29, 1.82) is 0 Å². The van der Waals surface area contributed by atoms with E-state index in [0.29, 0.717) is 0 Å². The number of carbonyl (C=O) groups is 1. The summed E-state index contributed by atoms with van der Waals surface area (Å²) in [6.07, 6.45) is 1.89. The fourth-order valence-corrected chi connectivity index (χ4v) is 2.67. The van der Waals surface area contributed by atoms with E-state index in [-0.39, 0.29) is 26.7 Å². The van der Waals surface area contributed by atoms with Crippen LogP contribution in [0.5, 0.6) is 0 Å². The fraction of sp³-hybridized carbons (Fsp3) is 0.300. The second kappa shape index (κ2) is 5.16. The van der Waals surface area contributed by atoms with Gasteiger partial charge in [0.1, 0.15) is 0 Å². The summed E-state index contributed by atoms with van der Waals surface area (Å²) in [6.45, 7) is 0. The highest BCUT2D eigenvalue weighted by molar-refractivity contribution is 7.89. The Kier molecular flexibility index (Phi) is 3.91. The number of benzene rings is 1. The van der Waals surface area contributed by atoms with Crippen molar-refractivity contribution in [3.8, 4) is 0 Å². The van der Waals surface area contributed by atoms with Crippen LogP contribution < -0.4 is 15.8 Å². The standard InChI is InChI=1S/C10H11Cl2N3O3S/c11-7-3-6(19(13,17)18)4-8(12)9(7)15-10(16)14-5-1-2-5/h3-5H,1-2H2,(H2,13,17,18)(H2,14,15,16). The largest absolute Gasteiger partial charge is 0.335 e. The van der Waals surface area contributed by atoms with Gasteiger partial charge in [0.15, 0.2) is 0 Å². The Balaban J connectivity index is 2.23. The number of hydrogen-bond donors (Lipinski definition) is 3. The van der Waals surface area contributed by atoms with E-state index >= 15 is 0 Å². The van der Waals surface area contributed by atoms with Crippen LogP contribution in [0.2, 0.25) is 10.0 Å². The molecule has 0 atom stereocenters. The predicted molar refractivity (Wildman–Crippen MR) is 73.0 cm³/mol. The molecule has 19 heavy (non-hydrogen) atoms. The van der Waals surface area contributed by atoms with Crippen LogP contribution in [0.25, 0.3) is 0 Å². The van der Waals surface area contributed by atoms with Crippen molar-refractivity contribution < 1.29 is 13.2 Å². The number of hydrogen-bond acceptors (Lipinski definition) is 3. The first-order valence-electron chi connectivity index (χ1n) is 5.37. The molecule has 1 aliphatic rings. The first-order chi connectivity index (χ1) is 8.77. The third-order valence-corrected chi connectivity index (χ3v) is 3.98. The summed E-state index contributed by atoms with van der Waals surface area (Å²) >= 11 is 11.8. The summed E-state index contributed by atoms with van der Waals surface area (Å²) < 4.78 is 22.4. The number of urea groups is 1. The number of sulfonamides is 1. The minimum Gasteiger partial charge on any atom is -0.335 e. The maximum absolute atomic E-state index is 11.6. The van der Waals surface area contributed by atoms with E-state index in [0.717, 1.165) is 25.0 Å². The molecule has 0 aliphatic heterocycles. The van der Waals surface area contributed by atoms with Gasteiger partial charge in [0.25, 0.3) is 0 Å². The highest BCUT2D eigenvalue weighted by Gasteiger charge is 2.24. The van der Waals surface area contributed by atoms with E-state index in [1.807, 2.05) is 0 Å². The number of rotatable bonds is 3. The molecule has 104 valence electrons. The van der Waals surface area contributed by atoms with Crippen LogP contribution in [0.1, 0.15) is 12.8 Å². The minimum absolute atomic E-state index is 0.00229. The summed E-state index contributed by atoms with van der Waals surface area (Å²) in [5.74, 6) is 0. The van der Waals surface area contributed by atoms with Crippen molar-refractivity contribution in [3.05, 3.63) is 22.2 Å². The van der Waals surface area contributed by atoms with Gasteiger partial charge in [0, 0.05) is 6.04 Å². The smallest absolute Gasteiger partial charge is 0.319 e. The van der Waals surface area contributed by atoms with Crippen molar-refractivity contribution in [2.75, 3.05) is 5.32 Å². The molecule has 0 bridgehead atoms. The molecule has 1 saturated carbocycles. The SMILES string of the molecule is NS(=O)(=O)c1cc(Cl)c(NC(=O)NC2CC2)c(Cl)c1. The fourth-order valence-electron chi connectivity index (χ4n) is 1.40. The maximum Gasteiger partial charge on any atom is 0.319 e. The molecule has 0 unspecified atom stereocenters. The number of halogens is 2. The van der Waals surface area contributed by atoms with E-state index < -0.39 is 16.1 Å². The Morgan fingerprint density at radius 2 is 1.79 bits per heavy atom. The van der Waals surface area contributed by atoms with Crippen molar-refractivity contribution in [2.45, 2.75) is 23.8 Å². The van der Waals surface area contributed by atoms with E-state index in [2.05, 4.69) is 10.6 Å². The van der Waals surface area contributed by atoms with Gasteiger partial charge in [0.2, 0.25) is 10.0 Å². The molecule has 1 fully saturated rings. The van der Waals surface area contributed by atoms with Crippen molar-refractivity contribution >= 4 is 44.9 Å². The zero-order chi connectivity index (χ0) is 14.2. The van der Waals surface area contributed by atoms with Crippen LogP contribution >= 0.6 is 23.2 Å². The van der Waals surface area contributed by atoms with Crippen LogP contribution in [0.15, 0.2) is 17.0 Å². The maximum atomic E-state index is 11.6. The number of nitrogens with two attached hydrogens (primary N) is 1. The lowest BCUT2D eigenvalue weighted by Crippen LogP contribution is -2.30.